The smallest absolute Gasteiger partial charge is 0.266 e. The molecule has 0 saturated carbocycles. The lowest BCUT2D eigenvalue weighted by Crippen LogP contribution is -2.12. The molecule has 6 nitrogen and oxygen atoms in total. The first-order valence-electron chi connectivity index (χ1n) is 9.81. The first kappa shape index (κ1) is 21.0. The molecule has 0 radical (unpaired) electrons. The predicted octanol–water partition coefficient (Wildman–Crippen LogP) is 4.60. The molecule has 1 heterocycles. The third-order valence-electron chi connectivity index (χ3n) is 4.44. The van der Waals surface area contributed by atoms with Crippen LogP contribution in [-0.2, 0) is 6.61 Å². The highest BCUT2D eigenvalue weighted by molar-refractivity contribution is 5.71. The van der Waals surface area contributed by atoms with Crippen LogP contribution in [0.5, 0.6) is 17.2 Å². The Morgan fingerprint density at radius 2 is 1.73 bits per heavy atom. The molecule has 0 saturated heterocycles. The van der Waals surface area contributed by atoms with Gasteiger partial charge in [0.1, 0.15) is 24.0 Å². The van der Waals surface area contributed by atoms with Gasteiger partial charge < -0.3 is 19.2 Å². The summed E-state index contributed by atoms with van der Waals surface area (Å²) < 4.78 is 17.2. The largest absolute Gasteiger partial charge is 0.490 e. The Morgan fingerprint density at radius 3 is 2.47 bits per heavy atom. The number of benzene rings is 2. The van der Waals surface area contributed by atoms with Gasteiger partial charge in [-0.15, -0.1) is 0 Å². The van der Waals surface area contributed by atoms with Gasteiger partial charge in [-0.25, -0.2) is 0 Å². The van der Waals surface area contributed by atoms with E-state index in [4.69, 9.17) is 14.2 Å². The Hall–Kier alpha value is -3.72. The number of nitriles is 1. The fraction of sp³-hybridized carbons (Fsp3) is 0.250. The number of nitrogens with one attached hydrogen (secondary N) is 1. The van der Waals surface area contributed by atoms with E-state index >= 15 is 0 Å². The van der Waals surface area contributed by atoms with E-state index in [1.165, 1.54) is 0 Å². The Morgan fingerprint density at radius 1 is 0.967 bits per heavy atom. The van der Waals surface area contributed by atoms with Crippen molar-refractivity contribution in [2.75, 3.05) is 13.2 Å². The van der Waals surface area contributed by atoms with E-state index in [0.29, 0.717) is 48.3 Å². The molecular weight excluding hydrogens is 380 g/mol. The van der Waals surface area contributed by atoms with Crippen molar-refractivity contribution in [3.8, 4) is 34.4 Å². The molecule has 0 fully saturated rings. The average molecular weight is 404 g/mol. The Labute approximate surface area is 175 Å². The highest BCUT2D eigenvalue weighted by Gasteiger charge is 2.11. The van der Waals surface area contributed by atoms with Gasteiger partial charge >= 0.3 is 0 Å². The summed E-state index contributed by atoms with van der Waals surface area (Å²) in [6.07, 6.45) is 0. The Kier molecular flexibility index (Phi) is 6.76. The van der Waals surface area contributed by atoms with Crippen LogP contribution in [-0.4, -0.2) is 18.2 Å². The number of hydrogen-bond donors (Lipinski definition) is 1. The fourth-order valence-electron chi connectivity index (χ4n) is 3.13. The van der Waals surface area contributed by atoms with Crippen LogP contribution >= 0.6 is 0 Å². The van der Waals surface area contributed by atoms with E-state index in [1.807, 2.05) is 62.4 Å². The molecule has 3 aromatic rings. The van der Waals surface area contributed by atoms with Gasteiger partial charge in [-0.05, 0) is 62.2 Å². The van der Waals surface area contributed by atoms with Crippen LogP contribution in [0.15, 0.2) is 53.3 Å². The van der Waals surface area contributed by atoms with Gasteiger partial charge in [0.25, 0.3) is 5.56 Å². The quantitative estimate of drug-likeness (QED) is 0.593. The standard InChI is InChI=1S/C24H24N2O4/c1-4-28-22-10-9-17(12-23(22)29-5-2)15-30-19-8-6-7-18(13-19)20-11-16(3)26-24(27)21(20)14-25/h6-13H,4-5,15H2,1-3H3,(H,26,27). The number of aromatic nitrogens is 1. The Bertz CT molecular complexity index is 1130. The molecule has 2 aromatic carbocycles. The fourth-order valence-corrected chi connectivity index (χ4v) is 3.13. The van der Waals surface area contributed by atoms with Gasteiger partial charge in [-0.2, -0.15) is 5.26 Å². The van der Waals surface area contributed by atoms with Crippen molar-refractivity contribution in [2.24, 2.45) is 0 Å². The van der Waals surface area contributed by atoms with Gasteiger partial charge in [0.2, 0.25) is 0 Å². The van der Waals surface area contributed by atoms with Crippen molar-refractivity contribution in [1.82, 2.24) is 4.98 Å². The molecule has 0 aliphatic carbocycles. The average Bonchev–Trinajstić information content (AvgIpc) is 2.74. The lowest BCUT2D eigenvalue weighted by molar-refractivity contribution is 0.283. The molecule has 30 heavy (non-hydrogen) atoms. The van der Waals surface area contributed by atoms with E-state index in [9.17, 15) is 10.1 Å². The molecule has 0 atom stereocenters. The van der Waals surface area contributed by atoms with Crippen molar-refractivity contribution >= 4 is 0 Å². The van der Waals surface area contributed by atoms with Crippen molar-refractivity contribution < 1.29 is 14.2 Å². The zero-order valence-electron chi connectivity index (χ0n) is 17.3. The Balaban J connectivity index is 1.83. The molecule has 0 spiro atoms. The normalized spacial score (nSPS) is 10.3. The maximum atomic E-state index is 12.1. The van der Waals surface area contributed by atoms with E-state index in [-0.39, 0.29) is 5.56 Å². The summed E-state index contributed by atoms with van der Waals surface area (Å²) in [7, 11) is 0. The van der Waals surface area contributed by atoms with Crippen LogP contribution in [0.1, 0.15) is 30.7 Å². The molecular formula is C24H24N2O4. The minimum atomic E-state index is -0.392. The molecule has 3 rings (SSSR count). The number of aromatic amines is 1. The summed E-state index contributed by atoms with van der Waals surface area (Å²) in [5.41, 5.74) is 2.67. The monoisotopic (exact) mass is 404 g/mol. The van der Waals surface area contributed by atoms with Crippen LogP contribution in [0, 0.1) is 18.3 Å². The van der Waals surface area contributed by atoms with Gasteiger partial charge in [-0.3, -0.25) is 4.79 Å². The van der Waals surface area contributed by atoms with Gasteiger partial charge in [-0.1, -0.05) is 18.2 Å². The summed E-state index contributed by atoms with van der Waals surface area (Å²) in [4.78, 5) is 14.7. The molecule has 154 valence electrons. The van der Waals surface area contributed by atoms with E-state index < -0.39 is 5.56 Å². The predicted molar refractivity (Wildman–Crippen MR) is 115 cm³/mol. The molecule has 0 aliphatic heterocycles. The third kappa shape index (κ3) is 4.81. The summed E-state index contributed by atoms with van der Waals surface area (Å²) in [5, 5.41) is 9.38. The molecule has 1 N–H and O–H groups in total. The van der Waals surface area contributed by atoms with Crippen LogP contribution in [0.3, 0.4) is 0 Å². The van der Waals surface area contributed by atoms with Gasteiger partial charge in [0, 0.05) is 11.3 Å². The number of H-pyrrole nitrogens is 1. The zero-order valence-corrected chi connectivity index (χ0v) is 17.3. The van der Waals surface area contributed by atoms with E-state index in [0.717, 1.165) is 11.1 Å². The highest BCUT2D eigenvalue weighted by atomic mass is 16.5. The summed E-state index contributed by atoms with van der Waals surface area (Å²) in [6.45, 7) is 7.10. The zero-order chi connectivity index (χ0) is 21.5. The minimum Gasteiger partial charge on any atom is -0.490 e. The highest BCUT2D eigenvalue weighted by Crippen LogP contribution is 2.30. The first-order chi connectivity index (χ1) is 14.5. The van der Waals surface area contributed by atoms with E-state index in [1.54, 1.807) is 13.0 Å². The number of rotatable bonds is 8. The van der Waals surface area contributed by atoms with Crippen molar-refractivity contribution in [3.63, 3.8) is 0 Å². The molecule has 1 aromatic heterocycles. The summed E-state index contributed by atoms with van der Waals surface area (Å²) in [6, 6.07) is 16.9. The van der Waals surface area contributed by atoms with Crippen LogP contribution in [0.4, 0.5) is 0 Å². The van der Waals surface area contributed by atoms with Crippen LogP contribution < -0.4 is 19.8 Å². The molecule has 6 heteroatoms. The molecule has 0 unspecified atom stereocenters. The number of aryl methyl sites for hydroxylation is 1. The topological polar surface area (TPSA) is 84.3 Å². The summed E-state index contributed by atoms with van der Waals surface area (Å²) in [5.74, 6) is 2.03. The first-order valence-corrected chi connectivity index (χ1v) is 9.81. The molecule has 0 aliphatic rings. The van der Waals surface area contributed by atoms with Crippen LogP contribution in [0.2, 0.25) is 0 Å². The lowest BCUT2D eigenvalue weighted by atomic mass is 10.0. The van der Waals surface area contributed by atoms with Gasteiger partial charge in [0.15, 0.2) is 11.5 Å². The van der Waals surface area contributed by atoms with Crippen LogP contribution in [0.25, 0.3) is 11.1 Å². The third-order valence-corrected chi connectivity index (χ3v) is 4.44. The number of ether oxygens (including phenoxy) is 3. The van der Waals surface area contributed by atoms with E-state index in [2.05, 4.69) is 4.98 Å². The second kappa shape index (κ2) is 9.66. The SMILES string of the molecule is CCOc1ccc(COc2cccc(-c3cc(C)[nH]c(=O)c3C#N)c2)cc1OCC. The number of hydrogen-bond acceptors (Lipinski definition) is 5. The molecule has 0 bridgehead atoms. The van der Waals surface area contributed by atoms with Crippen molar-refractivity contribution in [3.05, 3.63) is 75.7 Å². The second-order valence-electron chi connectivity index (χ2n) is 6.65. The lowest BCUT2D eigenvalue weighted by Gasteiger charge is -2.13. The molecule has 0 amide bonds. The number of pyridine rings is 1. The maximum Gasteiger partial charge on any atom is 0.266 e. The second-order valence-corrected chi connectivity index (χ2v) is 6.65. The number of nitrogens with zero attached hydrogens (tertiary/aromatic N) is 1. The minimum absolute atomic E-state index is 0.0885. The van der Waals surface area contributed by atoms with Gasteiger partial charge in [0.05, 0.1) is 13.2 Å². The summed E-state index contributed by atoms with van der Waals surface area (Å²) >= 11 is 0. The van der Waals surface area contributed by atoms with Crippen molar-refractivity contribution in [2.45, 2.75) is 27.4 Å². The van der Waals surface area contributed by atoms with Crippen molar-refractivity contribution in [1.29, 1.82) is 5.26 Å². The maximum absolute atomic E-state index is 12.1.